The van der Waals surface area contributed by atoms with Crippen molar-refractivity contribution in [3.05, 3.63) is 27.7 Å². The maximum absolute atomic E-state index is 11.8. The first kappa shape index (κ1) is 16.3. The molecular weight excluding hydrogens is 334 g/mol. The van der Waals surface area contributed by atoms with Gasteiger partial charge < -0.3 is 14.8 Å². The van der Waals surface area contributed by atoms with E-state index in [1.165, 1.54) is 7.11 Å². The molecule has 0 spiro atoms. The molecular formula is C16H22BrNO3. The van der Waals surface area contributed by atoms with Gasteiger partial charge in [-0.05, 0) is 51.3 Å². The molecule has 1 aromatic carbocycles. The van der Waals surface area contributed by atoms with Crippen molar-refractivity contribution < 1.29 is 14.3 Å². The van der Waals surface area contributed by atoms with E-state index in [-0.39, 0.29) is 18.2 Å². The lowest BCUT2D eigenvalue weighted by Crippen LogP contribution is -2.37. The Morgan fingerprint density at radius 1 is 1.33 bits per heavy atom. The molecule has 2 atom stereocenters. The molecule has 1 aromatic rings. The predicted octanol–water partition coefficient (Wildman–Crippen LogP) is 3.91. The predicted molar refractivity (Wildman–Crippen MR) is 86.9 cm³/mol. The summed E-state index contributed by atoms with van der Waals surface area (Å²) >= 11 is 3.46. The van der Waals surface area contributed by atoms with Crippen molar-refractivity contribution in [2.45, 2.75) is 51.9 Å². The maximum Gasteiger partial charge on any atom is 0.338 e. The lowest BCUT2D eigenvalue weighted by molar-refractivity contribution is -0.0337. The molecule has 0 amide bonds. The third-order valence-corrected chi connectivity index (χ3v) is 4.29. The van der Waals surface area contributed by atoms with Crippen LogP contribution in [0.4, 0.5) is 5.69 Å². The average molecular weight is 356 g/mol. The summed E-state index contributed by atoms with van der Waals surface area (Å²) in [6.07, 6.45) is 2.42. The number of hydrogen-bond donors (Lipinski definition) is 1. The molecule has 1 aliphatic heterocycles. The largest absolute Gasteiger partial charge is 0.465 e. The molecule has 0 bridgehead atoms. The van der Waals surface area contributed by atoms with Crippen LogP contribution in [0, 0.1) is 6.92 Å². The van der Waals surface area contributed by atoms with Crippen molar-refractivity contribution in [2.24, 2.45) is 0 Å². The Bertz CT molecular complexity index is 522. The highest BCUT2D eigenvalue weighted by Crippen LogP contribution is 2.29. The van der Waals surface area contributed by atoms with Gasteiger partial charge in [0, 0.05) is 16.2 Å². The van der Waals surface area contributed by atoms with Crippen LogP contribution >= 0.6 is 15.9 Å². The Kier molecular flexibility index (Phi) is 5.27. The van der Waals surface area contributed by atoms with Gasteiger partial charge in [0.25, 0.3) is 0 Å². The highest BCUT2D eigenvalue weighted by Gasteiger charge is 2.25. The normalized spacial score (nSPS) is 25.5. The molecule has 1 fully saturated rings. The topological polar surface area (TPSA) is 47.6 Å². The van der Waals surface area contributed by atoms with Gasteiger partial charge in [0.1, 0.15) is 0 Å². The monoisotopic (exact) mass is 355 g/mol. The minimum Gasteiger partial charge on any atom is -0.465 e. The van der Waals surface area contributed by atoms with Gasteiger partial charge in [-0.3, -0.25) is 0 Å². The molecule has 2 rings (SSSR count). The van der Waals surface area contributed by atoms with E-state index in [0.717, 1.165) is 28.6 Å². The number of halogens is 1. The van der Waals surface area contributed by atoms with Gasteiger partial charge in [-0.25, -0.2) is 4.79 Å². The van der Waals surface area contributed by atoms with Crippen molar-refractivity contribution in [3.63, 3.8) is 0 Å². The molecule has 1 N–H and O–H groups in total. The molecule has 21 heavy (non-hydrogen) atoms. The van der Waals surface area contributed by atoms with E-state index in [2.05, 4.69) is 35.1 Å². The summed E-state index contributed by atoms with van der Waals surface area (Å²) in [7, 11) is 1.40. The Balaban J connectivity index is 2.23. The van der Waals surface area contributed by atoms with E-state index in [9.17, 15) is 4.79 Å². The zero-order valence-corrected chi connectivity index (χ0v) is 14.5. The average Bonchev–Trinajstić information content (AvgIpc) is 2.40. The van der Waals surface area contributed by atoms with Gasteiger partial charge in [-0.1, -0.05) is 15.9 Å². The standard InChI is InChI=1S/C16H22BrNO3/c1-9-5-13(6-10(2)21-9)18-15-8-12(17)7-14(11(15)3)16(19)20-4/h7-10,13,18H,5-6H2,1-4H3. The summed E-state index contributed by atoms with van der Waals surface area (Å²) < 4.78 is 11.5. The molecule has 1 heterocycles. The molecule has 4 nitrogen and oxygen atoms in total. The van der Waals surface area contributed by atoms with E-state index in [1.54, 1.807) is 6.07 Å². The van der Waals surface area contributed by atoms with Crippen LogP contribution in [0.5, 0.6) is 0 Å². The lowest BCUT2D eigenvalue weighted by Gasteiger charge is -2.33. The molecule has 116 valence electrons. The Morgan fingerprint density at radius 3 is 2.52 bits per heavy atom. The summed E-state index contributed by atoms with van der Waals surface area (Å²) in [5, 5.41) is 3.55. The zero-order valence-electron chi connectivity index (χ0n) is 12.9. The summed E-state index contributed by atoms with van der Waals surface area (Å²) in [5.41, 5.74) is 2.47. The van der Waals surface area contributed by atoms with E-state index >= 15 is 0 Å². The first-order valence-corrected chi connectivity index (χ1v) is 8.00. The Hall–Kier alpha value is -1.07. The van der Waals surface area contributed by atoms with Gasteiger partial charge in [0.15, 0.2) is 0 Å². The van der Waals surface area contributed by atoms with Gasteiger partial charge in [0.05, 0.1) is 24.9 Å². The van der Waals surface area contributed by atoms with Crippen LogP contribution in [0.3, 0.4) is 0 Å². The molecule has 1 aliphatic rings. The Labute approximate surface area is 134 Å². The van der Waals surface area contributed by atoms with E-state index in [4.69, 9.17) is 9.47 Å². The second-order valence-corrected chi connectivity index (χ2v) is 6.60. The smallest absolute Gasteiger partial charge is 0.338 e. The number of nitrogens with one attached hydrogen (secondary N) is 1. The van der Waals surface area contributed by atoms with Crippen LogP contribution in [-0.2, 0) is 9.47 Å². The third kappa shape index (κ3) is 3.98. The van der Waals surface area contributed by atoms with Crippen LogP contribution in [-0.4, -0.2) is 31.3 Å². The van der Waals surface area contributed by atoms with Gasteiger partial charge >= 0.3 is 5.97 Å². The molecule has 5 heteroatoms. The molecule has 1 saturated heterocycles. The first-order valence-electron chi connectivity index (χ1n) is 7.21. The minimum atomic E-state index is -0.314. The number of hydrogen-bond acceptors (Lipinski definition) is 4. The van der Waals surface area contributed by atoms with Crippen molar-refractivity contribution in [3.8, 4) is 0 Å². The van der Waals surface area contributed by atoms with Crippen molar-refractivity contribution in [1.82, 2.24) is 0 Å². The number of ether oxygens (including phenoxy) is 2. The number of carbonyl (C=O) groups is 1. The van der Waals surface area contributed by atoms with Gasteiger partial charge in [0.2, 0.25) is 0 Å². The third-order valence-electron chi connectivity index (χ3n) is 3.83. The number of methoxy groups -OCH3 is 1. The fourth-order valence-electron chi connectivity index (χ4n) is 2.89. The SMILES string of the molecule is COC(=O)c1cc(Br)cc(NC2CC(C)OC(C)C2)c1C. The van der Waals surface area contributed by atoms with Gasteiger partial charge in [-0.2, -0.15) is 0 Å². The molecule has 2 unspecified atom stereocenters. The fraction of sp³-hybridized carbons (Fsp3) is 0.562. The molecule has 0 saturated carbocycles. The second kappa shape index (κ2) is 6.79. The highest BCUT2D eigenvalue weighted by atomic mass is 79.9. The number of anilines is 1. The van der Waals surface area contributed by atoms with E-state index in [0.29, 0.717) is 11.6 Å². The molecule has 0 aromatic heterocycles. The van der Waals surface area contributed by atoms with E-state index in [1.807, 2.05) is 13.0 Å². The zero-order chi connectivity index (χ0) is 15.6. The fourth-order valence-corrected chi connectivity index (χ4v) is 3.35. The van der Waals surface area contributed by atoms with Gasteiger partial charge in [-0.15, -0.1) is 0 Å². The first-order chi connectivity index (χ1) is 9.90. The molecule has 0 aliphatic carbocycles. The van der Waals surface area contributed by atoms with Crippen LogP contribution in [0.2, 0.25) is 0 Å². The minimum absolute atomic E-state index is 0.249. The summed E-state index contributed by atoms with van der Waals surface area (Å²) in [6, 6.07) is 4.15. The summed E-state index contributed by atoms with van der Waals surface area (Å²) in [6.45, 7) is 6.13. The quantitative estimate of drug-likeness (QED) is 0.835. The van der Waals surface area contributed by atoms with Crippen LogP contribution in [0.25, 0.3) is 0 Å². The van der Waals surface area contributed by atoms with Crippen molar-refractivity contribution >= 4 is 27.6 Å². The van der Waals surface area contributed by atoms with E-state index < -0.39 is 0 Å². The van der Waals surface area contributed by atoms with Crippen LogP contribution in [0.15, 0.2) is 16.6 Å². The summed E-state index contributed by atoms with van der Waals surface area (Å²) in [5.74, 6) is -0.314. The van der Waals surface area contributed by atoms with Crippen molar-refractivity contribution in [2.75, 3.05) is 12.4 Å². The highest BCUT2D eigenvalue weighted by molar-refractivity contribution is 9.10. The Morgan fingerprint density at radius 2 is 1.95 bits per heavy atom. The molecule has 0 radical (unpaired) electrons. The lowest BCUT2D eigenvalue weighted by atomic mass is 9.98. The number of benzene rings is 1. The maximum atomic E-state index is 11.8. The van der Waals surface area contributed by atoms with Crippen LogP contribution in [0.1, 0.15) is 42.6 Å². The summed E-state index contributed by atoms with van der Waals surface area (Å²) in [4.78, 5) is 11.8. The number of carbonyl (C=O) groups excluding carboxylic acids is 1. The van der Waals surface area contributed by atoms with Crippen LogP contribution < -0.4 is 5.32 Å². The second-order valence-electron chi connectivity index (χ2n) is 5.69. The number of rotatable bonds is 3. The van der Waals surface area contributed by atoms with Crippen molar-refractivity contribution in [1.29, 1.82) is 0 Å². The number of esters is 1.